The minimum Gasteiger partial charge on any atom is -0.465 e. The topological polar surface area (TPSA) is 44.1 Å². The highest BCUT2D eigenvalue weighted by Crippen LogP contribution is 2.34. The lowest BCUT2D eigenvalue weighted by atomic mass is 10.1. The standard InChI is InChI=1S/C21H18N2O2/c1-13-10-11-17-15(8-6-12-22-17)20(13)23-14(2)19(21(24)25-3)16-7-4-5-9-18(16)23/h4-12H,1-3H3. The molecular formula is C21H18N2O2. The van der Waals surface area contributed by atoms with E-state index in [1.807, 2.05) is 43.3 Å². The van der Waals surface area contributed by atoms with Crippen molar-refractivity contribution in [1.82, 2.24) is 9.55 Å². The number of hydrogen-bond donors (Lipinski definition) is 0. The first kappa shape index (κ1) is 15.4. The smallest absolute Gasteiger partial charge is 0.340 e. The van der Waals surface area contributed by atoms with Crippen LogP contribution in [0.5, 0.6) is 0 Å². The second-order valence-electron chi connectivity index (χ2n) is 6.11. The zero-order valence-electron chi connectivity index (χ0n) is 14.4. The van der Waals surface area contributed by atoms with Crippen molar-refractivity contribution in [3.8, 4) is 5.69 Å². The summed E-state index contributed by atoms with van der Waals surface area (Å²) >= 11 is 0. The monoisotopic (exact) mass is 330 g/mol. The molecular weight excluding hydrogens is 312 g/mol. The van der Waals surface area contributed by atoms with E-state index in [9.17, 15) is 4.79 Å². The van der Waals surface area contributed by atoms with Crippen molar-refractivity contribution in [1.29, 1.82) is 0 Å². The Labute approximate surface area is 145 Å². The molecule has 2 aromatic heterocycles. The number of hydrogen-bond acceptors (Lipinski definition) is 3. The number of benzene rings is 2. The summed E-state index contributed by atoms with van der Waals surface area (Å²) in [5, 5.41) is 1.95. The molecule has 0 amide bonds. The van der Waals surface area contributed by atoms with E-state index in [-0.39, 0.29) is 5.97 Å². The van der Waals surface area contributed by atoms with Crippen LogP contribution in [0, 0.1) is 13.8 Å². The Bertz CT molecular complexity index is 1130. The van der Waals surface area contributed by atoms with E-state index >= 15 is 0 Å². The molecule has 4 rings (SSSR count). The third kappa shape index (κ3) is 2.22. The molecule has 0 saturated carbocycles. The Morgan fingerprint density at radius 2 is 1.76 bits per heavy atom. The lowest BCUT2D eigenvalue weighted by molar-refractivity contribution is 0.0602. The fourth-order valence-corrected chi connectivity index (χ4v) is 3.56. The van der Waals surface area contributed by atoms with Gasteiger partial charge in [-0.1, -0.05) is 24.3 Å². The molecule has 124 valence electrons. The highest BCUT2D eigenvalue weighted by atomic mass is 16.5. The van der Waals surface area contributed by atoms with Crippen molar-refractivity contribution in [3.05, 3.63) is 71.5 Å². The third-order valence-corrected chi connectivity index (χ3v) is 4.68. The quantitative estimate of drug-likeness (QED) is 0.505. The van der Waals surface area contributed by atoms with Gasteiger partial charge in [0, 0.05) is 22.7 Å². The van der Waals surface area contributed by atoms with Gasteiger partial charge in [-0.25, -0.2) is 4.79 Å². The summed E-state index contributed by atoms with van der Waals surface area (Å²) in [6, 6.07) is 16.0. The van der Waals surface area contributed by atoms with E-state index in [2.05, 4.69) is 28.6 Å². The highest BCUT2D eigenvalue weighted by molar-refractivity contribution is 6.07. The van der Waals surface area contributed by atoms with Gasteiger partial charge in [-0.3, -0.25) is 4.98 Å². The Morgan fingerprint density at radius 3 is 2.56 bits per heavy atom. The van der Waals surface area contributed by atoms with Crippen molar-refractivity contribution in [2.24, 2.45) is 0 Å². The summed E-state index contributed by atoms with van der Waals surface area (Å²) in [6.45, 7) is 4.04. The van der Waals surface area contributed by atoms with E-state index in [1.54, 1.807) is 6.20 Å². The first-order valence-corrected chi connectivity index (χ1v) is 8.16. The minimum atomic E-state index is -0.316. The number of rotatable bonds is 2. The number of nitrogens with zero attached hydrogens (tertiary/aromatic N) is 2. The predicted octanol–water partition coefficient (Wildman–Crippen LogP) is 4.58. The number of para-hydroxylation sites is 1. The van der Waals surface area contributed by atoms with Crippen LogP contribution < -0.4 is 0 Å². The first-order chi connectivity index (χ1) is 12.1. The Balaban J connectivity index is 2.19. The van der Waals surface area contributed by atoms with Crippen LogP contribution >= 0.6 is 0 Å². The van der Waals surface area contributed by atoms with Gasteiger partial charge in [0.25, 0.3) is 0 Å². The summed E-state index contributed by atoms with van der Waals surface area (Å²) < 4.78 is 7.17. The molecule has 0 bridgehead atoms. The molecule has 0 fully saturated rings. The number of ether oxygens (including phenoxy) is 1. The van der Waals surface area contributed by atoms with Crippen molar-refractivity contribution < 1.29 is 9.53 Å². The second kappa shape index (κ2) is 5.74. The fraction of sp³-hybridized carbons (Fsp3) is 0.143. The minimum absolute atomic E-state index is 0.316. The van der Waals surface area contributed by atoms with E-state index in [0.717, 1.165) is 38.8 Å². The van der Waals surface area contributed by atoms with Gasteiger partial charge in [0.15, 0.2) is 0 Å². The lowest BCUT2D eigenvalue weighted by Crippen LogP contribution is -2.05. The molecule has 0 aliphatic heterocycles. The molecule has 0 atom stereocenters. The normalized spacial score (nSPS) is 11.2. The number of fused-ring (bicyclic) bond motifs is 2. The van der Waals surface area contributed by atoms with Crippen molar-refractivity contribution in [2.45, 2.75) is 13.8 Å². The van der Waals surface area contributed by atoms with Crippen LogP contribution in [-0.4, -0.2) is 22.6 Å². The number of carbonyl (C=O) groups is 1. The van der Waals surface area contributed by atoms with Gasteiger partial charge >= 0.3 is 5.97 Å². The van der Waals surface area contributed by atoms with E-state index in [1.165, 1.54) is 7.11 Å². The zero-order valence-corrected chi connectivity index (χ0v) is 14.4. The van der Waals surface area contributed by atoms with Crippen LogP contribution in [0.25, 0.3) is 27.5 Å². The summed E-state index contributed by atoms with van der Waals surface area (Å²) in [6.07, 6.45) is 1.79. The molecule has 4 nitrogen and oxygen atoms in total. The van der Waals surface area contributed by atoms with Crippen LogP contribution in [0.1, 0.15) is 21.6 Å². The number of aryl methyl sites for hydroxylation is 1. The number of esters is 1. The van der Waals surface area contributed by atoms with Crippen molar-refractivity contribution >= 4 is 27.8 Å². The maximum Gasteiger partial charge on any atom is 0.340 e. The molecule has 2 aromatic carbocycles. The third-order valence-electron chi connectivity index (χ3n) is 4.68. The van der Waals surface area contributed by atoms with Gasteiger partial charge in [-0.05, 0) is 43.7 Å². The summed E-state index contributed by atoms with van der Waals surface area (Å²) in [5.41, 5.74) is 5.57. The molecule has 0 N–H and O–H groups in total. The molecule has 2 heterocycles. The number of aromatic nitrogens is 2. The Morgan fingerprint density at radius 1 is 1.00 bits per heavy atom. The lowest BCUT2D eigenvalue weighted by Gasteiger charge is -2.15. The largest absolute Gasteiger partial charge is 0.465 e. The van der Waals surface area contributed by atoms with Gasteiger partial charge in [-0.15, -0.1) is 0 Å². The average molecular weight is 330 g/mol. The van der Waals surface area contributed by atoms with Gasteiger partial charge in [0.1, 0.15) is 0 Å². The molecule has 0 radical (unpaired) electrons. The number of carbonyl (C=O) groups excluding carboxylic acids is 1. The summed E-state index contributed by atoms with van der Waals surface area (Å²) in [5.74, 6) is -0.316. The second-order valence-corrected chi connectivity index (χ2v) is 6.11. The summed E-state index contributed by atoms with van der Waals surface area (Å²) in [4.78, 5) is 16.9. The number of methoxy groups -OCH3 is 1. The van der Waals surface area contributed by atoms with Crippen LogP contribution in [-0.2, 0) is 4.74 Å². The Kier molecular flexibility index (Phi) is 3.53. The van der Waals surface area contributed by atoms with Crippen molar-refractivity contribution in [3.63, 3.8) is 0 Å². The van der Waals surface area contributed by atoms with Crippen molar-refractivity contribution in [2.75, 3.05) is 7.11 Å². The molecule has 0 aliphatic rings. The Hall–Kier alpha value is -3.14. The van der Waals surface area contributed by atoms with E-state index in [4.69, 9.17) is 4.74 Å². The first-order valence-electron chi connectivity index (χ1n) is 8.16. The SMILES string of the molecule is COC(=O)c1c(C)n(-c2c(C)ccc3ncccc23)c2ccccc12. The van der Waals surface area contributed by atoms with Crippen LogP contribution in [0.15, 0.2) is 54.7 Å². The zero-order chi connectivity index (χ0) is 17.6. The molecule has 0 saturated heterocycles. The molecule has 0 spiro atoms. The highest BCUT2D eigenvalue weighted by Gasteiger charge is 2.22. The van der Waals surface area contributed by atoms with Crippen LogP contribution in [0.3, 0.4) is 0 Å². The van der Waals surface area contributed by atoms with E-state index < -0.39 is 0 Å². The van der Waals surface area contributed by atoms with Crippen LogP contribution in [0.4, 0.5) is 0 Å². The van der Waals surface area contributed by atoms with Gasteiger partial charge in [-0.2, -0.15) is 0 Å². The van der Waals surface area contributed by atoms with Gasteiger partial charge in [0.2, 0.25) is 0 Å². The molecule has 4 heteroatoms. The van der Waals surface area contributed by atoms with Gasteiger partial charge < -0.3 is 9.30 Å². The maximum atomic E-state index is 12.4. The molecule has 25 heavy (non-hydrogen) atoms. The number of pyridine rings is 1. The maximum absolute atomic E-state index is 12.4. The van der Waals surface area contributed by atoms with E-state index in [0.29, 0.717) is 5.56 Å². The predicted molar refractivity (Wildman–Crippen MR) is 99.4 cm³/mol. The molecule has 4 aromatic rings. The molecule has 0 unspecified atom stereocenters. The fourth-order valence-electron chi connectivity index (χ4n) is 3.56. The molecule has 0 aliphatic carbocycles. The van der Waals surface area contributed by atoms with Gasteiger partial charge in [0.05, 0.1) is 29.4 Å². The average Bonchev–Trinajstić information content (AvgIpc) is 2.93. The van der Waals surface area contributed by atoms with Crippen LogP contribution in [0.2, 0.25) is 0 Å². The summed E-state index contributed by atoms with van der Waals surface area (Å²) in [7, 11) is 1.42.